The second kappa shape index (κ2) is 6.07. The number of amides is 1. The number of carbonyl (C=O) groups is 2. The van der Waals surface area contributed by atoms with Crippen molar-refractivity contribution in [2.45, 2.75) is 26.4 Å². The highest BCUT2D eigenvalue weighted by molar-refractivity contribution is 5.97. The fraction of sp³-hybridized carbons (Fsp3) is 0.444. The average molecular weight is 315 g/mol. The summed E-state index contributed by atoms with van der Waals surface area (Å²) >= 11 is 0. The minimum Gasteiger partial charge on any atom is -0.489 e. The summed E-state index contributed by atoms with van der Waals surface area (Å²) < 4.78 is 5.70. The summed E-state index contributed by atoms with van der Waals surface area (Å²) in [7, 11) is 0. The van der Waals surface area contributed by atoms with Crippen LogP contribution >= 0.6 is 0 Å². The monoisotopic (exact) mass is 315 g/mol. The molecule has 2 aliphatic rings. The molecule has 1 aromatic rings. The molecule has 0 saturated heterocycles. The van der Waals surface area contributed by atoms with E-state index in [1.807, 2.05) is 38.1 Å². The Morgan fingerprint density at radius 2 is 1.83 bits per heavy atom. The molecule has 1 fully saturated rings. The lowest BCUT2D eigenvalue weighted by atomic mass is 9.82. The van der Waals surface area contributed by atoms with Gasteiger partial charge in [-0.15, -0.1) is 0 Å². The lowest BCUT2D eigenvalue weighted by Crippen LogP contribution is -2.36. The first-order valence-electron chi connectivity index (χ1n) is 7.95. The molecule has 0 heterocycles. The highest BCUT2D eigenvalue weighted by atomic mass is 16.5. The average Bonchev–Trinajstić information content (AvgIpc) is 3.09. The minimum atomic E-state index is -0.895. The molecule has 3 rings (SSSR count). The van der Waals surface area contributed by atoms with Crippen molar-refractivity contribution < 1.29 is 19.4 Å². The molecule has 4 atom stereocenters. The van der Waals surface area contributed by atoms with E-state index in [-0.39, 0.29) is 23.8 Å². The number of hydrogen-bond donors (Lipinski definition) is 2. The van der Waals surface area contributed by atoms with Crippen molar-refractivity contribution in [3.8, 4) is 5.75 Å². The summed E-state index contributed by atoms with van der Waals surface area (Å²) in [6, 6.07) is 7.23. The Kier molecular flexibility index (Phi) is 4.11. The van der Waals surface area contributed by atoms with Gasteiger partial charge in [0.15, 0.2) is 0 Å². The summed E-state index contributed by atoms with van der Waals surface area (Å²) in [5.74, 6) is -1.71. The zero-order chi connectivity index (χ0) is 16.6. The van der Waals surface area contributed by atoms with Gasteiger partial charge in [0.1, 0.15) is 5.75 Å². The summed E-state index contributed by atoms with van der Waals surface area (Å²) in [5, 5.41) is 12.3. The van der Waals surface area contributed by atoms with Gasteiger partial charge in [0, 0.05) is 0 Å². The highest BCUT2D eigenvalue weighted by Gasteiger charge is 2.51. The molecular formula is C18H21NO4. The van der Waals surface area contributed by atoms with Gasteiger partial charge in [-0.1, -0.05) is 24.3 Å². The Hall–Kier alpha value is -2.30. The van der Waals surface area contributed by atoms with E-state index in [2.05, 4.69) is 5.32 Å². The van der Waals surface area contributed by atoms with Crippen molar-refractivity contribution in [3.63, 3.8) is 0 Å². The Morgan fingerprint density at radius 3 is 2.48 bits per heavy atom. The number of anilines is 1. The zero-order valence-corrected chi connectivity index (χ0v) is 13.2. The van der Waals surface area contributed by atoms with Crippen molar-refractivity contribution in [2.75, 3.05) is 5.32 Å². The molecule has 0 spiro atoms. The number of allylic oxidation sites excluding steroid dienone is 2. The normalized spacial score (nSPS) is 28.1. The first kappa shape index (κ1) is 15.6. The number of ether oxygens (including phenoxy) is 1. The van der Waals surface area contributed by atoms with Gasteiger partial charge in [0.05, 0.1) is 23.6 Å². The number of rotatable bonds is 5. The molecule has 122 valence electrons. The minimum absolute atomic E-state index is 0.00903. The van der Waals surface area contributed by atoms with E-state index in [0.717, 1.165) is 6.42 Å². The summed E-state index contributed by atoms with van der Waals surface area (Å²) in [4.78, 5) is 24.2. The lowest BCUT2D eigenvalue weighted by molar-refractivity contribution is -0.146. The van der Waals surface area contributed by atoms with Gasteiger partial charge in [-0.25, -0.2) is 0 Å². The Labute approximate surface area is 135 Å². The summed E-state index contributed by atoms with van der Waals surface area (Å²) in [6.07, 6.45) is 4.65. The molecule has 0 aromatic heterocycles. The molecule has 4 unspecified atom stereocenters. The number of aliphatic carboxylic acids is 1. The molecule has 5 nitrogen and oxygen atoms in total. The van der Waals surface area contributed by atoms with Crippen LogP contribution in [0.2, 0.25) is 0 Å². The number of carboxylic acids is 1. The smallest absolute Gasteiger partial charge is 0.307 e. The summed E-state index contributed by atoms with van der Waals surface area (Å²) in [5.41, 5.74) is 0.585. The molecule has 1 aromatic carbocycles. The quantitative estimate of drug-likeness (QED) is 0.819. The number of carboxylic acid groups (broad SMARTS) is 1. The number of para-hydroxylation sites is 2. The molecule has 0 aliphatic heterocycles. The number of benzene rings is 1. The second-order valence-corrected chi connectivity index (χ2v) is 6.49. The zero-order valence-electron chi connectivity index (χ0n) is 13.2. The van der Waals surface area contributed by atoms with Gasteiger partial charge in [0.2, 0.25) is 5.91 Å². The maximum absolute atomic E-state index is 12.7. The van der Waals surface area contributed by atoms with Gasteiger partial charge < -0.3 is 15.2 Å². The maximum Gasteiger partial charge on any atom is 0.307 e. The maximum atomic E-state index is 12.7. The van der Waals surface area contributed by atoms with E-state index in [4.69, 9.17) is 4.74 Å². The highest BCUT2D eigenvalue weighted by Crippen LogP contribution is 2.48. The van der Waals surface area contributed by atoms with Crippen molar-refractivity contribution >= 4 is 17.6 Å². The molecular weight excluding hydrogens is 294 g/mol. The van der Waals surface area contributed by atoms with Crippen LogP contribution in [-0.2, 0) is 9.59 Å². The Bertz CT molecular complexity index is 652. The van der Waals surface area contributed by atoms with Crippen LogP contribution in [0.25, 0.3) is 0 Å². The Balaban J connectivity index is 1.80. The molecule has 23 heavy (non-hydrogen) atoms. The predicted octanol–water partition coefficient (Wildman–Crippen LogP) is 2.94. The van der Waals surface area contributed by atoms with Crippen LogP contribution in [0.4, 0.5) is 5.69 Å². The van der Waals surface area contributed by atoms with Gasteiger partial charge in [-0.2, -0.15) is 0 Å². The first-order chi connectivity index (χ1) is 11.0. The van der Waals surface area contributed by atoms with Crippen LogP contribution in [0.3, 0.4) is 0 Å². The van der Waals surface area contributed by atoms with E-state index in [9.17, 15) is 14.7 Å². The topological polar surface area (TPSA) is 75.6 Å². The number of carbonyl (C=O) groups excluding carboxylic acids is 1. The van der Waals surface area contributed by atoms with Crippen LogP contribution in [0.1, 0.15) is 20.3 Å². The first-order valence-corrected chi connectivity index (χ1v) is 7.95. The molecule has 5 heteroatoms. The third-order valence-corrected chi connectivity index (χ3v) is 4.55. The van der Waals surface area contributed by atoms with Crippen LogP contribution in [0.15, 0.2) is 36.4 Å². The van der Waals surface area contributed by atoms with Gasteiger partial charge in [-0.05, 0) is 44.2 Å². The SMILES string of the molecule is CC(C)Oc1ccccc1NC(=O)C1C2C=CC(C2)C1C(=O)O. The molecule has 2 aliphatic carbocycles. The standard InChI is InChI=1S/C18H21NO4/c1-10(2)23-14-6-4-3-5-13(14)19-17(20)15-11-7-8-12(9-11)16(15)18(21)22/h3-8,10-12,15-16H,9H2,1-2H3,(H,19,20)(H,21,22). The number of nitrogens with one attached hydrogen (secondary N) is 1. The second-order valence-electron chi connectivity index (χ2n) is 6.49. The van der Waals surface area contributed by atoms with E-state index >= 15 is 0 Å². The predicted molar refractivity (Wildman–Crippen MR) is 86.2 cm³/mol. The molecule has 1 saturated carbocycles. The van der Waals surface area contributed by atoms with Crippen molar-refractivity contribution in [1.82, 2.24) is 0 Å². The molecule has 0 radical (unpaired) electrons. The third-order valence-electron chi connectivity index (χ3n) is 4.55. The van der Waals surface area contributed by atoms with Crippen LogP contribution in [0.5, 0.6) is 5.75 Å². The van der Waals surface area contributed by atoms with E-state index in [0.29, 0.717) is 11.4 Å². The van der Waals surface area contributed by atoms with E-state index < -0.39 is 17.8 Å². The molecule has 1 amide bonds. The lowest BCUT2D eigenvalue weighted by Gasteiger charge is -2.24. The number of fused-ring (bicyclic) bond motifs is 2. The van der Waals surface area contributed by atoms with E-state index in [1.165, 1.54) is 0 Å². The van der Waals surface area contributed by atoms with Crippen LogP contribution < -0.4 is 10.1 Å². The van der Waals surface area contributed by atoms with Gasteiger partial charge >= 0.3 is 5.97 Å². The largest absolute Gasteiger partial charge is 0.489 e. The molecule has 2 N–H and O–H groups in total. The number of hydrogen-bond acceptors (Lipinski definition) is 3. The van der Waals surface area contributed by atoms with E-state index in [1.54, 1.807) is 12.1 Å². The van der Waals surface area contributed by atoms with Gasteiger partial charge in [0.25, 0.3) is 0 Å². The fourth-order valence-electron chi connectivity index (χ4n) is 3.66. The van der Waals surface area contributed by atoms with Crippen molar-refractivity contribution in [2.24, 2.45) is 23.7 Å². The Morgan fingerprint density at radius 1 is 1.17 bits per heavy atom. The van der Waals surface area contributed by atoms with Crippen LogP contribution in [0, 0.1) is 23.7 Å². The summed E-state index contributed by atoms with van der Waals surface area (Å²) in [6.45, 7) is 3.83. The van der Waals surface area contributed by atoms with Crippen LogP contribution in [-0.4, -0.2) is 23.1 Å². The third kappa shape index (κ3) is 2.96. The molecule has 2 bridgehead atoms. The fourth-order valence-corrected chi connectivity index (χ4v) is 3.66. The van der Waals surface area contributed by atoms with Gasteiger partial charge in [-0.3, -0.25) is 9.59 Å². The van der Waals surface area contributed by atoms with Crippen molar-refractivity contribution in [3.05, 3.63) is 36.4 Å². The van der Waals surface area contributed by atoms with Crippen molar-refractivity contribution in [1.29, 1.82) is 0 Å².